The van der Waals surface area contributed by atoms with Crippen LogP contribution in [0.25, 0.3) is 28.7 Å². The Balaban J connectivity index is 1.58. The summed E-state index contributed by atoms with van der Waals surface area (Å²) in [5.74, 6) is 1.18. The molecule has 0 aromatic carbocycles. The lowest BCUT2D eigenvalue weighted by molar-refractivity contribution is 0.0315. The molecule has 16 nitrogen and oxygen atoms in total. The maximum Gasteiger partial charge on any atom is 0.510 e. The lowest BCUT2D eigenvalue weighted by Crippen LogP contribution is -2.19. The number of imidazole rings is 2. The molecule has 0 unspecified atom stereocenters. The summed E-state index contributed by atoms with van der Waals surface area (Å²) in [7, 11) is 3.50. The van der Waals surface area contributed by atoms with Crippen molar-refractivity contribution in [3.8, 4) is 22.9 Å². The van der Waals surface area contributed by atoms with Crippen LogP contribution in [0.4, 0.5) is 9.59 Å². The Morgan fingerprint density at radius 1 is 0.947 bits per heavy atom. The molecule has 4 aromatic heterocycles. The van der Waals surface area contributed by atoms with Gasteiger partial charge in [0.2, 0.25) is 5.78 Å². The molecule has 0 bridgehead atoms. The summed E-state index contributed by atoms with van der Waals surface area (Å²) >= 11 is 0. The van der Waals surface area contributed by atoms with Crippen LogP contribution in [0, 0.1) is 6.92 Å². The fourth-order valence-corrected chi connectivity index (χ4v) is 3.36. The Morgan fingerprint density at radius 2 is 1.66 bits per heavy atom. The monoisotopic (exact) mass is 528 g/mol. The van der Waals surface area contributed by atoms with Crippen LogP contribution in [-0.2, 0) is 32.4 Å². The molecule has 4 rings (SSSR count). The van der Waals surface area contributed by atoms with Crippen molar-refractivity contribution in [2.75, 3.05) is 40.4 Å². The third-order valence-electron chi connectivity index (χ3n) is 5.05. The molecule has 0 saturated heterocycles. The Labute approximate surface area is 216 Å². The van der Waals surface area contributed by atoms with Crippen molar-refractivity contribution in [2.24, 2.45) is 0 Å². The second-order valence-corrected chi connectivity index (χ2v) is 7.80. The predicted molar refractivity (Wildman–Crippen MR) is 131 cm³/mol. The number of hydrogen-bond donors (Lipinski definition) is 2. The summed E-state index contributed by atoms with van der Waals surface area (Å²) in [5, 5.41) is 10.1. The van der Waals surface area contributed by atoms with Crippen LogP contribution < -0.4 is 10.6 Å². The van der Waals surface area contributed by atoms with Crippen LogP contribution in [0.1, 0.15) is 5.82 Å². The van der Waals surface area contributed by atoms with E-state index in [1.807, 2.05) is 0 Å². The van der Waals surface area contributed by atoms with Crippen molar-refractivity contribution in [2.45, 2.75) is 20.4 Å². The summed E-state index contributed by atoms with van der Waals surface area (Å²) in [4.78, 5) is 41.6. The number of likely N-dealkylation sites (N-methyl/N-ethyl adjacent to an activating group) is 2. The van der Waals surface area contributed by atoms with Crippen molar-refractivity contribution < 1.29 is 28.5 Å². The summed E-state index contributed by atoms with van der Waals surface area (Å²) in [6.07, 6.45) is 4.97. The number of rotatable bonds is 12. The van der Waals surface area contributed by atoms with Gasteiger partial charge in [-0.1, -0.05) is 0 Å². The van der Waals surface area contributed by atoms with Gasteiger partial charge < -0.3 is 34.1 Å². The van der Waals surface area contributed by atoms with Crippen molar-refractivity contribution in [1.29, 1.82) is 0 Å². The zero-order chi connectivity index (χ0) is 26.9. The zero-order valence-electron chi connectivity index (χ0n) is 21.2. The molecule has 4 aromatic rings. The number of nitrogens with one attached hydrogen (secondary N) is 2. The van der Waals surface area contributed by atoms with E-state index in [1.54, 1.807) is 54.6 Å². The first kappa shape index (κ1) is 26.5. The molecule has 16 heteroatoms. The number of hydrogen-bond acceptors (Lipinski definition) is 13. The Hall–Kier alpha value is -4.57. The molecule has 0 aliphatic rings. The first-order valence-corrected chi connectivity index (χ1v) is 11.7. The maximum absolute atomic E-state index is 11.9. The molecule has 0 radical (unpaired) electrons. The molecule has 0 amide bonds. The van der Waals surface area contributed by atoms with Gasteiger partial charge in [0.25, 0.3) is 0 Å². The molecule has 0 fully saturated rings. The average molecular weight is 529 g/mol. The topological polar surface area (TPSA) is 174 Å². The van der Waals surface area contributed by atoms with Crippen LogP contribution in [0.2, 0.25) is 0 Å². The van der Waals surface area contributed by atoms with Gasteiger partial charge in [0.1, 0.15) is 36.1 Å². The number of ether oxygens (including phenoxy) is 4. The molecule has 0 spiro atoms. The normalized spacial score (nSPS) is 11.0. The van der Waals surface area contributed by atoms with Gasteiger partial charge in [0, 0.05) is 31.7 Å². The third-order valence-corrected chi connectivity index (χ3v) is 5.05. The lowest BCUT2D eigenvalue weighted by atomic mass is 10.2. The van der Waals surface area contributed by atoms with E-state index >= 15 is 0 Å². The standard InChI is InChI=1S/C22H28N10O6/c1-15-27-19(32(29-15)14-38-22(34)36-10-7-24-3)17-18(31-8-4-5-25-20(31)28-17)16-11-30(12-26-16)13-37-21(33)35-9-6-23-2/h4-5,8,11-12,23-24H,6-7,9-10,13-14H2,1-3H3. The maximum atomic E-state index is 11.9. The van der Waals surface area contributed by atoms with Gasteiger partial charge >= 0.3 is 12.3 Å². The average Bonchev–Trinajstić information content (AvgIpc) is 3.62. The van der Waals surface area contributed by atoms with Gasteiger partial charge in [-0.25, -0.2) is 34.2 Å². The molecule has 0 aliphatic carbocycles. The highest BCUT2D eigenvalue weighted by Gasteiger charge is 2.24. The molecule has 4 heterocycles. The van der Waals surface area contributed by atoms with Crippen LogP contribution in [-0.4, -0.2) is 91.4 Å². The van der Waals surface area contributed by atoms with Gasteiger partial charge in [0.15, 0.2) is 19.3 Å². The van der Waals surface area contributed by atoms with E-state index in [1.165, 1.54) is 11.0 Å². The van der Waals surface area contributed by atoms with E-state index in [-0.39, 0.29) is 26.7 Å². The van der Waals surface area contributed by atoms with Crippen LogP contribution in [0.5, 0.6) is 0 Å². The van der Waals surface area contributed by atoms with E-state index in [2.05, 4.69) is 35.7 Å². The first-order valence-electron chi connectivity index (χ1n) is 11.7. The zero-order valence-corrected chi connectivity index (χ0v) is 21.2. The van der Waals surface area contributed by atoms with Crippen molar-refractivity contribution in [1.82, 2.24) is 49.3 Å². The molecule has 38 heavy (non-hydrogen) atoms. The van der Waals surface area contributed by atoms with Crippen LogP contribution >= 0.6 is 0 Å². The summed E-state index contributed by atoms with van der Waals surface area (Å²) < 4.78 is 25.0. The Bertz CT molecular complexity index is 1380. The van der Waals surface area contributed by atoms with E-state index in [9.17, 15) is 9.59 Å². The van der Waals surface area contributed by atoms with E-state index in [0.29, 0.717) is 47.6 Å². The predicted octanol–water partition coefficient (Wildman–Crippen LogP) is 0.820. The highest BCUT2D eigenvalue weighted by atomic mass is 16.7. The molecule has 2 N–H and O–H groups in total. The van der Waals surface area contributed by atoms with Crippen molar-refractivity contribution >= 4 is 18.1 Å². The number of carbonyl (C=O) groups is 2. The van der Waals surface area contributed by atoms with Gasteiger partial charge in [-0.2, -0.15) is 5.10 Å². The quantitative estimate of drug-likeness (QED) is 0.195. The van der Waals surface area contributed by atoms with Gasteiger partial charge in [-0.15, -0.1) is 0 Å². The summed E-state index contributed by atoms with van der Waals surface area (Å²) in [6.45, 7) is 2.74. The highest BCUT2D eigenvalue weighted by Crippen LogP contribution is 2.30. The largest absolute Gasteiger partial charge is 0.510 e. The Kier molecular flexibility index (Phi) is 8.78. The summed E-state index contributed by atoms with van der Waals surface area (Å²) in [5.41, 5.74) is 1.48. The minimum Gasteiger partial charge on any atom is -0.433 e. The molecule has 0 aliphatic heterocycles. The van der Waals surface area contributed by atoms with E-state index in [4.69, 9.17) is 18.9 Å². The number of aromatic nitrogens is 8. The van der Waals surface area contributed by atoms with Crippen molar-refractivity contribution in [3.63, 3.8) is 0 Å². The van der Waals surface area contributed by atoms with E-state index in [0.717, 1.165) is 0 Å². The fourth-order valence-electron chi connectivity index (χ4n) is 3.36. The number of aryl methyl sites for hydroxylation is 1. The van der Waals surface area contributed by atoms with E-state index < -0.39 is 12.3 Å². The minimum atomic E-state index is -0.834. The van der Waals surface area contributed by atoms with Crippen LogP contribution in [0.3, 0.4) is 0 Å². The molecule has 0 atom stereocenters. The van der Waals surface area contributed by atoms with Crippen LogP contribution in [0.15, 0.2) is 31.0 Å². The van der Waals surface area contributed by atoms with Gasteiger partial charge in [-0.3, -0.25) is 4.40 Å². The fraction of sp³-hybridized carbons (Fsp3) is 0.409. The third kappa shape index (κ3) is 6.40. The number of fused-ring (bicyclic) bond motifs is 1. The highest BCUT2D eigenvalue weighted by molar-refractivity contribution is 5.76. The summed E-state index contributed by atoms with van der Waals surface area (Å²) in [6, 6.07) is 1.75. The smallest absolute Gasteiger partial charge is 0.433 e. The minimum absolute atomic E-state index is 0.103. The SMILES string of the molecule is CNCCOC(=O)OCn1cnc(-c2c(-c3nc(C)nn3COC(=O)OCCNC)nc3ncccn23)c1. The first-order chi connectivity index (χ1) is 18.5. The second kappa shape index (κ2) is 12.6. The number of nitrogens with zero attached hydrogens (tertiary/aromatic N) is 8. The van der Waals surface area contributed by atoms with Gasteiger partial charge in [0.05, 0.1) is 6.33 Å². The number of carbonyl (C=O) groups excluding carboxylic acids is 2. The van der Waals surface area contributed by atoms with Gasteiger partial charge in [-0.05, 0) is 27.1 Å². The molecule has 202 valence electrons. The lowest BCUT2D eigenvalue weighted by Gasteiger charge is -2.08. The van der Waals surface area contributed by atoms with Crippen molar-refractivity contribution in [3.05, 3.63) is 36.8 Å². The molecular weight excluding hydrogens is 500 g/mol. The second-order valence-electron chi connectivity index (χ2n) is 7.80. The molecule has 0 saturated carbocycles. The molecular formula is C22H28N10O6. The Morgan fingerprint density at radius 3 is 2.37 bits per heavy atom.